The fourth-order valence-corrected chi connectivity index (χ4v) is 3.15. The van der Waals surface area contributed by atoms with E-state index in [9.17, 15) is 14.7 Å². The first-order valence-corrected chi connectivity index (χ1v) is 8.06. The van der Waals surface area contributed by atoms with Crippen LogP contribution in [-0.2, 0) is 0 Å². The zero-order chi connectivity index (χ0) is 18.1. The van der Waals surface area contributed by atoms with Gasteiger partial charge in [0.25, 0.3) is 5.91 Å². The Morgan fingerprint density at radius 2 is 1.42 bits per heavy atom. The molecule has 0 fully saturated rings. The highest BCUT2D eigenvalue weighted by Crippen LogP contribution is 2.38. The predicted octanol–water partition coefficient (Wildman–Crippen LogP) is 3.55. The molecule has 3 aromatic carbocycles. The van der Waals surface area contributed by atoms with Gasteiger partial charge in [0.05, 0.1) is 11.3 Å². The number of hydrazone groups is 1. The van der Waals surface area contributed by atoms with Gasteiger partial charge in [0, 0.05) is 16.7 Å². The standard InChI is InChI=1S/C21H14N2O3/c24-20(13-7-2-1-3-8-13)23-22-19-16-10-5-4-9-14(16)15-11-6-12-17(18(15)19)21(25)26/h1-12H,(H,23,24)(H,25,26)/b22-19+. The lowest BCUT2D eigenvalue weighted by atomic mass is 10.0. The van der Waals surface area contributed by atoms with Crippen LogP contribution in [0.1, 0.15) is 31.8 Å². The molecule has 0 saturated carbocycles. The van der Waals surface area contributed by atoms with Gasteiger partial charge in [-0.25, -0.2) is 10.2 Å². The minimum Gasteiger partial charge on any atom is -0.478 e. The van der Waals surface area contributed by atoms with Gasteiger partial charge in [0.15, 0.2) is 0 Å². The smallest absolute Gasteiger partial charge is 0.336 e. The summed E-state index contributed by atoms with van der Waals surface area (Å²) in [6, 6.07) is 21.4. The van der Waals surface area contributed by atoms with Crippen molar-refractivity contribution in [1.29, 1.82) is 0 Å². The Balaban J connectivity index is 1.82. The summed E-state index contributed by atoms with van der Waals surface area (Å²) in [7, 11) is 0. The van der Waals surface area contributed by atoms with Crippen molar-refractivity contribution < 1.29 is 14.7 Å². The lowest BCUT2D eigenvalue weighted by Crippen LogP contribution is -2.20. The van der Waals surface area contributed by atoms with Gasteiger partial charge in [-0.3, -0.25) is 4.79 Å². The first kappa shape index (κ1) is 15.8. The maximum atomic E-state index is 12.3. The molecule has 0 unspecified atom stereocenters. The van der Waals surface area contributed by atoms with Gasteiger partial charge < -0.3 is 5.11 Å². The van der Waals surface area contributed by atoms with Crippen LogP contribution >= 0.6 is 0 Å². The summed E-state index contributed by atoms with van der Waals surface area (Å²) in [5, 5.41) is 13.8. The van der Waals surface area contributed by atoms with Crippen LogP contribution in [0.15, 0.2) is 77.9 Å². The van der Waals surface area contributed by atoms with Crippen molar-refractivity contribution >= 4 is 17.6 Å². The summed E-state index contributed by atoms with van der Waals surface area (Å²) >= 11 is 0. The molecular formula is C21H14N2O3. The average Bonchev–Trinajstić information content (AvgIpc) is 3.00. The Bertz CT molecular complexity index is 1060. The van der Waals surface area contributed by atoms with Crippen LogP contribution in [0.5, 0.6) is 0 Å². The number of carbonyl (C=O) groups excluding carboxylic acids is 1. The molecule has 126 valence electrons. The zero-order valence-electron chi connectivity index (χ0n) is 13.6. The molecule has 3 aromatic rings. The maximum Gasteiger partial charge on any atom is 0.336 e. The number of benzene rings is 3. The van der Waals surface area contributed by atoms with E-state index in [1.165, 1.54) is 0 Å². The summed E-state index contributed by atoms with van der Waals surface area (Å²) in [5.74, 6) is -1.38. The highest BCUT2D eigenvalue weighted by molar-refractivity contribution is 6.27. The molecule has 1 aliphatic rings. The zero-order valence-corrected chi connectivity index (χ0v) is 13.6. The van der Waals surface area contributed by atoms with Crippen molar-refractivity contribution in [3.8, 4) is 11.1 Å². The third-order valence-electron chi connectivity index (χ3n) is 4.31. The molecule has 0 aliphatic heterocycles. The summed E-state index contributed by atoms with van der Waals surface area (Å²) in [6.07, 6.45) is 0. The quantitative estimate of drug-likeness (QED) is 0.559. The van der Waals surface area contributed by atoms with Gasteiger partial charge >= 0.3 is 5.97 Å². The van der Waals surface area contributed by atoms with E-state index in [0.717, 1.165) is 16.7 Å². The summed E-state index contributed by atoms with van der Waals surface area (Å²) in [5.41, 5.74) is 6.66. The number of carboxylic acids is 1. The van der Waals surface area contributed by atoms with E-state index >= 15 is 0 Å². The molecule has 5 heteroatoms. The lowest BCUT2D eigenvalue weighted by Gasteiger charge is -2.06. The highest BCUT2D eigenvalue weighted by atomic mass is 16.4. The van der Waals surface area contributed by atoms with Crippen LogP contribution in [0.4, 0.5) is 0 Å². The molecule has 0 spiro atoms. The van der Waals surface area contributed by atoms with Gasteiger partial charge in [-0.1, -0.05) is 54.6 Å². The summed E-state index contributed by atoms with van der Waals surface area (Å²) in [4.78, 5) is 24.0. The predicted molar refractivity (Wildman–Crippen MR) is 98.4 cm³/mol. The first-order chi connectivity index (χ1) is 12.7. The number of carbonyl (C=O) groups is 2. The van der Waals surface area contributed by atoms with E-state index in [2.05, 4.69) is 10.5 Å². The molecule has 0 radical (unpaired) electrons. The Labute approximate surface area is 149 Å². The monoisotopic (exact) mass is 342 g/mol. The van der Waals surface area contributed by atoms with Gasteiger partial charge in [0.2, 0.25) is 0 Å². The van der Waals surface area contributed by atoms with Gasteiger partial charge in [-0.2, -0.15) is 5.10 Å². The lowest BCUT2D eigenvalue weighted by molar-refractivity contribution is 0.0696. The number of rotatable bonds is 3. The van der Waals surface area contributed by atoms with Gasteiger partial charge in [-0.05, 0) is 29.3 Å². The van der Waals surface area contributed by atoms with Crippen molar-refractivity contribution in [2.24, 2.45) is 5.10 Å². The van der Waals surface area contributed by atoms with Crippen LogP contribution in [-0.4, -0.2) is 22.7 Å². The number of nitrogens with zero attached hydrogens (tertiary/aromatic N) is 1. The number of hydrogen-bond donors (Lipinski definition) is 2. The topological polar surface area (TPSA) is 78.8 Å². The molecule has 1 aliphatic carbocycles. The van der Waals surface area contributed by atoms with Crippen LogP contribution in [0.25, 0.3) is 11.1 Å². The molecule has 0 saturated heterocycles. The Hall–Kier alpha value is -3.73. The molecule has 1 amide bonds. The summed E-state index contributed by atoms with van der Waals surface area (Å²) < 4.78 is 0. The van der Waals surface area contributed by atoms with Gasteiger partial charge in [0.1, 0.15) is 0 Å². The highest BCUT2D eigenvalue weighted by Gasteiger charge is 2.29. The normalized spacial score (nSPS) is 13.2. The molecule has 0 heterocycles. The number of amides is 1. The number of hydrogen-bond acceptors (Lipinski definition) is 3. The van der Waals surface area contributed by atoms with Crippen molar-refractivity contribution in [2.45, 2.75) is 0 Å². The second kappa shape index (κ2) is 6.29. The Morgan fingerprint density at radius 1 is 0.769 bits per heavy atom. The fourth-order valence-electron chi connectivity index (χ4n) is 3.15. The second-order valence-electron chi connectivity index (χ2n) is 5.85. The fraction of sp³-hybridized carbons (Fsp3) is 0. The van der Waals surface area contributed by atoms with Crippen molar-refractivity contribution in [1.82, 2.24) is 5.43 Å². The average molecular weight is 342 g/mol. The number of carboxylic acid groups (broad SMARTS) is 1. The van der Waals surface area contributed by atoms with Crippen LogP contribution in [0, 0.1) is 0 Å². The minimum absolute atomic E-state index is 0.159. The van der Waals surface area contributed by atoms with Crippen molar-refractivity contribution in [3.05, 3.63) is 95.1 Å². The van der Waals surface area contributed by atoms with Crippen LogP contribution in [0.2, 0.25) is 0 Å². The molecule has 2 N–H and O–H groups in total. The van der Waals surface area contributed by atoms with E-state index < -0.39 is 5.97 Å². The molecule has 0 bridgehead atoms. The molecule has 4 rings (SSSR count). The maximum absolute atomic E-state index is 12.3. The van der Waals surface area contributed by atoms with Crippen molar-refractivity contribution in [3.63, 3.8) is 0 Å². The molecule has 5 nitrogen and oxygen atoms in total. The molecule has 0 aromatic heterocycles. The van der Waals surface area contributed by atoms with Gasteiger partial charge in [-0.15, -0.1) is 0 Å². The number of nitrogens with one attached hydrogen (secondary N) is 1. The third kappa shape index (κ3) is 2.56. The van der Waals surface area contributed by atoms with Crippen LogP contribution in [0.3, 0.4) is 0 Å². The third-order valence-corrected chi connectivity index (χ3v) is 4.31. The number of fused-ring (bicyclic) bond motifs is 3. The van der Waals surface area contributed by atoms with E-state index in [-0.39, 0.29) is 11.5 Å². The second-order valence-corrected chi connectivity index (χ2v) is 5.85. The van der Waals surface area contributed by atoms with Crippen LogP contribution < -0.4 is 5.43 Å². The minimum atomic E-state index is -1.03. The van der Waals surface area contributed by atoms with E-state index in [1.54, 1.807) is 36.4 Å². The number of aromatic carboxylic acids is 1. The van der Waals surface area contributed by atoms with E-state index in [0.29, 0.717) is 16.8 Å². The molecular weight excluding hydrogens is 328 g/mol. The van der Waals surface area contributed by atoms with Crippen molar-refractivity contribution in [2.75, 3.05) is 0 Å². The molecule has 0 atom stereocenters. The Morgan fingerprint density at radius 3 is 2.15 bits per heavy atom. The summed E-state index contributed by atoms with van der Waals surface area (Å²) in [6.45, 7) is 0. The Kier molecular flexibility index (Phi) is 3.82. The SMILES string of the molecule is O=C(N/N=C1\c2ccccc2-c2cccc(C(=O)O)c21)c1ccccc1. The molecule has 26 heavy (non-hydrogen) atoms. The van der Waals surface area contributed by atoms with E-state index in [1.807, 2.05) is 36.4 Å². The van der Waals surface area contributed by atoms with E-state index in [4.69, 9.17) is 0 Å². The first-order valence-electron chi connectivity index (χ1n) is 8.06. The largest absolute Gasteiger partial charge is 0.478 e.